The number of fused-ring (bicyclic) bond motifs is 2. The fraction of sp³-hybridized carbons (Fsp3) is 0.484. The van der Waals surface area contributed by atoms with Crippen LogP contribution in [0.5, 0.6) is 11.6 Å². The Balaban J connectivity index is 0.581. The number of nitrogens with two attached hydrogens (primary N) is 1. The second kappa shape index (κ2) is 24.8. The van der Waals surface area contributed by atoms with Crippen molar-refractivity contribution in [2.45, 2.75) is 128 Å². The van der Waals surface area contributed by atoms with Gasteiger partial charge >= 0.3 is 0 Å². The lowest BCUT2D eigenvalue weighted by Gasteiger charge is -2.43. The number of piperazine rings is 2. The highest BCUT2D eigenvalue weighted by molar-refractivity contribution is 7.13. The van der Waals surface area contributed by atoms with E-state index in [9.17, 15) is 24.6 Å². The second-order valence-electron chi connectivity index (χ2n) is 24.0. The highest BCUT2D eigenvalue weighted by Crippen LogP contribution is 2.40. The zero-order chi connectivity index (χ0) is 57.9. The number of β-amino-alcohol motifs (C(OH)–C–C–N with tert-alkyl or cyclic N) is 1. The van der Waals surface area contributed by atoms with Gasteiger partial charge in [0.2, 0.25) is 23.6 Å². The Hall–Kier alpha value is -7.46. The molecular weight excluding hydrogens is 1070 g/mol. The van der Waals surface area contributed by atoms with Crippen molar-refractivity contribution >= 4 is 52.1 Å². The van der Waals surface area contributed by atoms with E-state index in [2.05, 4.69) is 74.7 Å². The predicted molar refractivity (Wildman–Crippen MR) is 320 cm³/mol. The number of likely N-dealkylation sites (tertiary alicyclic amines) is 1. The minimum atomic E-state index is -0.908. The number of benzene rings is 2. The SMILES string of the molecule is Cc1ncsc1-c1ccc([C@H](C)NC(=O)[C@@H]2C[C@@H](O)CN2C(=O)[C@@H](NC(=O)CN2CCN(c3ccc(CCCOC4CC(Oc5cc(N6C7CCC6CN(c6cc(-c8ccccc8O)nnc6N)C7)ccn5)C4)cn3)CC2)C(C)(C)C)cc1. The summed E-state index contributed by atoms with van der Waals surface area (Å²) < 4.78 is 12.6. The molecule has 21 heteroatoms. The number of carbonyl (C=O) groups excluding carboxylic acids is 3. The number of aryl methyl sites for hydroxylation is 2. The summed E-state index contributed by atoms with van der Waals surface area (Å²) in [6, 6.07) is 23.9. The Morgan fingerprint density at radius 1 is 0.855 bits per heavy atom. The monoisotopic (exact) mass is 1150 g/mol. The average Bonchev–Trinajstić information content (AvgIpc) is 4.03. The summed E-state index contributed by atoms with van der Waals surface area (Å²) in [6.45, 7) is 14.6. The molecule has 20 nitrogen and oxygen atoms in total. The first-order valence-corrected chi connectivity index (χ1v) is 30.1. The molecule has 5 fully saturated rings. The molecule has 3 amide bonds. The van der Waals surface area contributed by atoms with Crippen LogP contribution >= 0.6 is 11.3 Å². The lowest BCUT2D eigenvalue weighted by molar-refractivity contribution is -0.144. The molecule has 2 bridgehead atoms. The van der Waals surface area contributed by atoms with E-state index < -0.39 is 23.6 Å². The first kappa shape index (κ1) is 57.4. The Bertz CT molecular complexity index is 3220. The summed E-state index contributed by atoms with van der Waals surface area (Å²) in [6.07, 6.45) is 8.77. The molecule has 2 unspecified atom stereocenters. The first-order chi connectivity index (χ1) is 40.0. The Kier molecular flexibility index (Phi) is 17.1. The topological polar surface area (TPSA) is 241 Å². The maximum Gasteiger partial charge on any atom is 0.246 e. The number of nitrogen functional groups attached to an aromatic ring is 1. The maximum atomic E-state index is 14.3. The molecule has 0 spiro atoms. The third-order valence-electron chi connectivity index (χ3n) is 17.1. The van der Waals surface area contributed by atoms with E-state index in [1.807, 2.05) is 95.0 Å². The number of aromatic hydroxyl groups is 1. The van der Waals surface area contributed by atoms with Gasteiger partial charge in [-0.25, -0.2) is 15.0 Å². The van der Waals surface area contributed by atoms with Crippen LogP contribution in [0.15, 0.2) is 96.8 Å². The summed E-state index contributed by atoms with van der Waals surface area (Å²) in [5, 5.41) is 35.9. The number of pyridine rings is 2. The van der Waals surface area contributed by atoms with E-state index >= 15 is 0 Å². The quantitative estimate of drug-likeness (QED) is 0.0540. The molecule has 1 saturated carbocycles. The van der Waals surface area contributed by atoms with Gasteiger partial charge in [0.25, 0.3) is 0 Å². The molecule has 6 aromatic rings. The molecular formula is C62H77N13O7S. The first-order valence-electron chi connectivity index (χ1n) is 29.2. The fourth-order valence-electron chi connectivity index (χ4n) is 12.4. The number of aliphatic hydroxyl groups is 1. The molecule has 6 atom stereocenters. The van der Waals surface area contributed by atoms with Crippen molar-refractivity contribution in [2.24, 2.45) is 5.41 Å². The summed E-state index contributed by atoms with van der Waals surface area (Å²) in [5.41, 5.74) is 14.8. The molecule has 4 aliphatic heterocycles. The number of phenols is 1. The molecule has 438 valence electrons. The number of aliphatic hydroxyl groups excluding tert-OH is 1. The largest absolute Gasteiger partial charge is 0.507 e. The number of nitrogens with one attached hydrogen (secondary N) is 2. The number of rotatable bonds is 19. The van der Waals surface area contributed by atoms with E-state index in [1.165, 1.54) is 4.90 Å². The molecule has 4 saturated heterocycles. The van der Waals surface area contributed by atoms with E-state index in [0.29, 0.717) is 55.7 Å². The summed E-state index contributed by atoms with van der Waals surface area (Å²) >= 11 is 1.58. The Morgan fingerprint density at radius 2 is 1.61 bits per heavy atom. The standard InChI is InChI=1S/C62H77N13O7S/c1-38(41-13-15-42(16-14-41)57-39(2)66-37-83-57)67-60(79)52-28-46(76)35-74(52)61(80)58(62(3,4)5)68-55(78)36-71-22-24-72(25-23-71)54-19-12-40(32-65-54)9-8-26-81-47-29-48(30-47)82-56-27-43(20-21-64-56)75-44-17-18-45(75)34-73(33-44)51-31-50(69-70-59(51)63)49-10-6-7-11-53(49)77/h6-7,10-16,19-21,27,31-32,37-38,44-48,52,58,76-77H,8-9,17-18,22-26,28-30,33-36H2,1-5H3,(H2,63,70)(H,67,79)(H,68,78)/t38-,44?,45?,46+,47?,48?,52-,58+/m0/s1. The lowest BCUT2D eigenvalue weighted by atomic mass is 9.85. The van der Waals surface area contributed by atoms with Crippen LogP contribution in [-0.2, 0) is 25.5 Å². The number of ether oxygens (including phenoxy) is 2. The van der Waals surface area contributed by atoms with Gasteiger partial charge < -0.3 is 55.7 Å². The molecule has 6 N–H and O–H groups in total. The van der Waals surface area contributed by atoms with Gasteiger partial charge in [-0.05, 0) is 92.0 Å². The van der Waals surface area contributed by atoms with Crippen molar-refractivity contribution in [3.05, 3.63) is 114 Å². The summed E-state index contributed by atoms with van der Waals surface area (Å²) in [4.78, 5) is 67.2. The van der Waals surface area contributed by atoms with E-state index in [1.54, 1.807) is 23.5 Å². The molecule has 2 aromatic carbocycles. The third kappa shape index (κ3) is 13.2. The predicted octanol–water partition coefficient (Wildman–Crippen LogP) is 6.56. The number of hydrogen-bond donors (Lipinski definition) is 5. The van der Waals surface area contributed by atoms with Crippen molar-refractivity contribution in [2.75, 3.05) is 79.4 Å². The van der Waals surface area contributed by atoms with Gasteiger partial charge in [-0.3, -0.25) is 19.3 Å². The number of aromatic nitrogens is 5. The van der Waals surface area contributed by atoms with Crippen LogP contribution in [0.2, 0.25) is 0 Å². The minimum absolute atomic E-state index is 0.00956. The number of anilines is 4. The number of para-hydroxylation sites is 1. The summed E-state index contributed by atoms with van der Waals surface area (Å²) in [5.74, 6) is 1.08. The molecule has 5 aliphatic rings. The highest BCUT2D eigenvalue weighted by Gasteiger charge is 2.45. The molecule has 0 radical (unpaired) electrons. The van der Waals surface area contributed by atoms with Gasteiger partial charge in [0, 0.05) is 113 Å². The van der Waals surface area contributed by atoms with E-state index in [4.69, 9.17) is 20.2 Å². The van der Waals surface area contributed by atoms with Gasteiger partial charge in [0.15, 0.2) is 5.82 Å². The lowest BCUT2D eigenvalue weighted by Crippen LogP contribution is -2.59. The normalized spacial score (nSPS) is 22.5. The van der Waals surface area contributed by atoms with Crippen molar-refractivity contribution in [1.29, 1.82) is 0 Å². The smallest absolute Gasteiger partial charge is 0.246 e. The van der Waals surface area contributed by atoms with Gasteiger partial charge in [-0.2, -0.15) is 0 Å². The third-order valence-corrected chi connectivity index (χ3v) is 18.0. The van der Waals surface area contributed by atoms with Crippen LogP contribution in [0.4, 0.5) is 23.0 Å². The van der Waals surface area contributed by atoms with Crippen LogP contribution in [0.3, 0.4) is 0 Å². The Morgan fingerprint density at radius 3 is 2.31 bits per heavy atom. The van der Waals surface area contributed by atoms with Gasteiger partial charge in [0.1, 0.15) is 29.8 Å². The number of nitrogens with zero attached hydrogens (tertiary/aromatic N) is 10. The van der Waals surface area contributed by atoms with Crippen molar-refractivity contribution < 1.29 is 34.1 Å². The van der Waals surface area contributed by atoms with Crippen LogP contribution in [0.1, 0.15) is 89.1 Å². The van der Waals surface area contributed by atoms with Crippen molar-refractivity contribution in [3.8, 4) is 33.3 Å². The maximum absolute atomic E-state index is 14.3. The van der Waals surface area contributed by atoms with Crippen molar-refractivity contribution in [1.82, 2.24) is 45.6 Å². The zero-order valence-electron chi connectivity index (χ0n) is 48.1. The van der Waals surface area contributed by atoms with Crippen molar-refractivity contribution in [3.63, 3.8) is 0 Å². The Labute approximate surface area is 489 Å². The van der Waals surface area contributed by atoms with Crippen LogP contribution in [0.25, 0.3) is 21.7 Å². The molecule has 8 heterocycles. The molecule has 11 rings (SSSR count). The van der Waals surface area contributed by atoms with Gasteiger partial charge in [0.05, 0.1) is 52.3 Å². The second-order valence-corrected chi connectivity index (χ2v) is 24.9. The van der Waals surface area contributed by atoms with E-state index in [0.717, 1.165) is 96.1 Å². The fourth-order valence-corrected chi connectivity index (χ4v) is 13.2. The highest BCUT2D eigenvalue weighted by atomic mass is 32.1. The summed E-state index contributed by atoms with van der Waals surface area (Å²) in [7, 11) is 0. The molecule has 83 heavy (non-hydrogen) atoms. The van der Waals surface area contributed by atoms with Gasteiger partial charge in [-0.15, -0.1) is 21.5 Å². The van der Waals surface area contributed by atoms with Crippen LogP contribution in [-0.4, -0.2) is 164 Å². The molecule has 1 aliphatic carbocycles. The zero-order valence-corrected chi connectivity index (χ0v) is 48.9. The number of amides is 3. The van der Waals surface area contributed by atoms with Crippen LogP contribution < -0.4 is 35.8 Å². The molecule has 4 aromatic heterocycles. The number of hydrogen-bond acceptors (Lipinski definition) is 18. The number of thiazole rings is 1. The average molecular weight is 1150 g/mol. The van der Waals surface area contributed by atoms with Gasteiger partial charge in [-0.1, -0.05) is 63.2 Å². The van der Waals surface area contributed by atoms with E-state index in [-0.39, 0.29) is 73.3 Å². The number of phenolic OH excluding ortho intramolecular Hbond substituents is 1. The minimum Gasteiger partial charge on any atom is -0.507 e. The van der Waals surface area contributed by atoms with Crippen LogP contribution in [0, 0.1) is 12.3 Å². The number of carbonyl (C=O) groups is 3.